The monoisotopic (exact) mass is 444 g/mol. The lowest BCUT2D eigenvalue weighted by Crippen LogP contribution is -2.48. The predicted molar refractivity (Wildman–Crippen MR) is 120 cm³/mol. The van der Waals surface area contributed by atoms with Gasteiger partial charge in [0.15, 0.2) is 12.4 Å². The van der Waals surface area contributed by atoms with Crippen LogP contribution >= 0.6 is 12.6 Å². The first-order valence-electron chi connectivity index (χ1n) is 9.87. The molecule has 1 aliphatic heterocycles. The molecular weight excluding hydrogens is 418 g/mol. The highest BCUT2D eigenvalue weighted by molar-refractivity contribution is 7.80. The number of nitrogens with one attached hydrogen (secondary N) is 1. The van der Waals surface area contributed by atoms with Gasteiger partial charge in [0.1, 0.15) is 6.04 Å². The van der Waals surface area contributed by atoms with Gasteiger partial charge in [0.2, 0.25) is 6.54 Å². The highest BCUT2D eigenvalue weighted by Crippen LogP contribution is 2.21. The van der Waals surface area contributed by atoms with Crippen molar-refractivity contribution in [1.29, 1.82) is 0 Å². The average molecular weight is 445 g/mol. The number of hydrogen-bond acceptors (Lipinski definition) is 6. The number of aliphatic hydroxyl groups excluding tert-OH is 2. The van der Waals surface area contributed by atoms with Crippen LogP contribution in [0.25, 0.3) is 12.2 Å². The molecular formula is C22H26N3O5S+. The summed E-state index contributed by atoms with van der Waals surface area (Å²) in [6, 6.07) is 10.6. The van der Waals surface area contributed by atoms with Gasteiger partial charge in [-0.15, -0.1) is 0 Å². The number of amides is 1. The Morgan fingerprint density at radius 3 is 2.13 bits per heavy atom. The Bertz CT molecular complexity index is 923. The smallest absolute Gasteiger partial charge is 0.327 e. The highest BCUT2D eigenvalue weighted by Gasteiger charge is 2.29. The second-order valence-corrected chi connectivity index (χ2v) is 7.77. The van der Waals surface area contributed by atoms with Crippen LogP contribution in [0.2, 0.25) is 0 Å². The Morgan fingerprint density at radius 1 is 1.06 bits per heavy atom. The van der Waals surface area contributed by atoms with Gasteiger partial charge in [0.05, 0.1) is 12.2 Å². The van der Waals surface area contributed by atoms with Crippen LogP contribution in [0.15, 0.2) is 48.8 Å². The first-order valence-corrected chi connectivity index (χ1v) is 10.5. The van der Waals surface area contributed by atoms with E-state index in [-0.39, 0.29) is 12.3 Å². The van der Waals surface area contributed by atoms with E-state index in [0.29, 0.717) is 13.1 Å². The van der Waals surface area contributed by atoms with Gasteiger partial charge in [0, 0.05) is 36.7 Å². The molecule has 164 valence electrons. The molecule has 1 aliphatic rings. The Labute approximate surface area is 185 Å². The number of aliphatic carboxylic acids is 1. The number of thiol groups is 1. The third-order valence-electron chi connectivity index (χ3n) is 5.04. The van der Waals surface area contributed by atoms with Gasteiger partial charge < -0.3 is 25.5 Å². The van der Waals surface area contributed by atoms with Crippen molar-refractivity contribution in [3.8, 4) is 0 Å². The van der Waals surface area contributed by atoms with E-state index in [1.165, 1.54) is 0 Å². The molecule has 0 bridgehead atoms. The van der Waals surface area contributed by atoms with Crippen LogP contribution in [0.3, 0.4) is 0 Å². The van der Waals surface area contributed by atoms with E-state index in [1.807, 2.05) is 53.5 Å². The number of β-amino-alcohol motifs (C(OH)–C–C–N with tert-alkyl or cyclic N) is 2. The molecule has 1 aromatic carbocycles. The highest BCUT2D eigenvalue weighted by atomic mass is 32.1. The van der Waals surface area contributed by atoms with Crippen LogP contribution in [0, 0.1) is 0 Å². The molecule has 2 aromatic rings. The number of carbonyl (C=O) groups excluding carboxylic acids is 1. The second-order valence-electron chi connectivity index (χ2n) is 7.41. The average Bonchev–Trinajstić information content (AvgIpc) is 3.10. The lowest BCUT2D eigenvalue weighted by atomic mass is 10.1. The molecule has 1 aromatic heterocycles. The van der Waals surface area contributed by atoms with Crippen LogP contribution in [0.1, 0.15) is 11.1 Å². The fourth-order valence-corrected chi connectivity index (χ4v) is 3.49. The second kappa shape index (κ2) is 10.4. The maximum absolute atomic E-state index is 12.0. The number of carbonyl (C=O) groups is 2. The van der Waals surface area contributed by atoms with Gasteiger partial charge in [-0.1, -0.05) is 24.3 Å². The summed E-state index contributed by atoms with van der Waals surface area (Å²) in [6.07, 6.45) is 5.99. The minimum atomic E-state index is -1.11. The largest absolute Gasteiger partial charge is 0.480 e. The minimum Gasteiger partial charge on any atom is -0.480 e. The molecule has 8 nitrogen and oxygen atoms in total. The fourth-order valence-electron chi connectivity index (χ4n) is 3.25. The van der Waals surface area contributed by atoms with E-state index in [4.69, 9.17) is 5.11 Å². The lowest BCUT2D eigenvalue weighted by molar-refractivity contribution is -0.684. The van der Waals surface area contributed by atoms with Gasteiger partial charge in [-0.3, -0.25) is 4.79 Å². The van der Waals surface area contributed by atoms with Crippen molar-refractivity contribution in [2.45, 2.75) is 24.8 Å². The van der Waals surface area contributed by atoms with Crippen molar-refractivity contribution in [1.82, 2.24) is 5.32 Å². The first kappa shape index (κ1) is 22.8. The standard InChI is InChI=1S/C22H25N3O5S/c26-19-11-25(12-20(19)27)17-5-3-15(4-6-17)1-2-16-7-9-24(10-8-16)13-21(28)23-18(14-31)22(29)30/h1-10,18-20,26-27H,11-14H2,(H2-,23,28,29,30,31)/p+1. The molecule has 9 heteroatoms. The molecule has 3 rings (SSSR count). The van der Waals surface area contributed by atoms with Crippen LogP contribution in [0.5, 0.6) is 0 Å². The van der Waals surface area contributed by atoms with Crippen LogP contribution < -0.4 is 14.8 Å². The van der Waals surface area contributed by atoms with E-state index in [2.05, 4.69) is 17.9 Å². The molecule has 0 aliphatic carbocycles. The zero-order valence-electron chi connectivity index (χ0n) is 16.8. The molecule has 1 amide bonds. The summed E-state index contributed by atoms with van der Waals surface area (Å²) in [4.78, 5) is 24.9. The summed E-state index contributed by atoms with van der Waals surface area (Å²) >= 11 is 3.93. The van der Waals surface area contributed by atoms with Crippen LogP contribution in [0.4, 0.5) is 5.69 Å². The summed E-state index contributed by atoms with van der Waals surface area (Å²) in [7, 11) is 0. The molecule has 3 unspecified atom stereocenters. The Kier molecular flexibility index (Phi) is 7.67. The topological polar surface area (TPSA) is 114 Å². The fraction of sp³-hybridized carbons (Fsp3) is 0.318. The number of nitrogens with zero attached hydrogens (tertiary/aromatic N) is 2. The van der Waals surface area contributed by atoms with E-state index in [1.54, 1.807) is 17.0 Å². The first-order chi connectivity index (χ1) is 14.9. The van der Waals surface area contributed by atoms with E-state index >= 15 is 0 Å². The van der Waals surface area contributed by atoms with Gasteiger partial charge in [0.25, 0.3) is 5.91 Å². The summed E-state index contributed by atoms with van der Waals surface area (Å²) in [5.74, 6) is -1.48. The number of aromatic nitrogens is 1. The van der Waals surface area contributed by atoms with Crippen molar-refractivity contribution in [2.24, 2.45) is 0 Å². The molecule has 1 fully saturated rings. The molecule has 3 atom stereocenters. The van der Waals surface area contributed by atoms with Crippen LogP contribution in [-0.4, -0.2) is 64.3 Å². The Hall–Kier alpha value is -2.88. The van der Waals surface area contributed by atoms with Crippen molar-refractivity contribution in [3.05, 3.63) is 59.9 Å². The van der Waals surface area contributed by atoms with Gasteiger partial charge >= 0.3 is 5.97 Å². The number of carboxylic acid groups (broad SMARTS) is 1. The van der Waals surface area contributed by atoms with E-state index < -0.39 is 30.1 Å². The van der Waals surface area contributed by atoms with Crippen molar-refractivity contribution in [3.63, 3.8) is 0 Å². The number of aliphatic hydroxyl groups is 2. The predicted octanol–water partition coefficient (Wildman–Crippen LogP) is 0.185. The molecule has 0 radical (unpaired) electrons. The molecule has 1 saturated heterocycles. The maximum Gasteiger partial charge on any atom is 0.327 e. The van der Waals surface area contributed by atoms with E-state index in [0.717, 1.165) is 16.8 Å². The molecule has 2 heterocycles. The van der Waals surface area contributed by atoms with Crippen LogP contribution in [-0.2, 0) is 16.1 Å². The van der Waals surface area contributed by atoms with Gasteiger partial charge in [-0.2, -0.15) is 17.2 Å². The summed E-state index contributed by atoms with van der Waals surface area (Å²) in [6.45, 7) is 0.858. The summed E-state index contributed by atoms with van der Waals surface area (Å²) < 4.78 is 1.66. The third-order valence-corrected chi connectivity index (χ3v) is 5.41. The SMILES string of the molecule is O=C(C[n+]1ccc(C=Cc2ccc(N3CC(O)C(O)C3)cc2)cc1)NC(CS)C(=O)O. The Balaban J connectivity index is 1.54. The molecule has 4 N–H and O–H groups in total. The maximum atomic E-state index is 12.0. The van der Waals surface area contributed by atoms with Crippen molar-refractivity contribution in [2.75, 3.05) is 23.7 Å². The van der Waals surface area contributed by atoms with Gasteiger partial charge in [-0.05, 0) is 23.3 Å². The lowest BCUT2D eigenvalue weighted by Gasteiger charge is -2.17. The van der Waals surface area contributed by atoms with Crippen molar-refractivity contribution >= 4 is 42.3 Å². The Morgan fingerprint density at radius 2 is 1.61 bits per heavy atom. The quantitative estimate of drug-likeness (QED) is 0.293. The normalized spacial score (nSPS) is 19.5. The molecule has 0 saturated carbocycles. The van der Waals surface area contributed by atoms with E-state index in [9.17, 15) is 19.8 Å². The number of anilines is 1. The number of hydrogen-bond donors (Lipinski definition) is 5. The van der Waals surface area contributed by atoms with Gasteiger partial charge in [-0.25, -0.2) is 4.79 Å². The zero-order valence-corrected chi connectivity index (χ0v) is 17.7. The third kappa shape index (κ3) is 6.30. The minimum absolute atomic E-state index is 0.0168. The van der Waals surface area contributed by atoms with Crippen molar-refractivity contribution < 1.29 is 29.5 Å². The number of rotatable bonds is 8. The number of benzene rings is 1. The summed E-state index contributed by atoms with van der Waals surface area (Å²) in [5.41, 5.74) is 2.91. The number of pyridine rings is 1. The molecule has 0 spiro atoms. The zero-order chi connectivity index (χ0) is 22.4. The summed E-state index contributed by atoms with van der Waals surface area (Å²) in [5, 5.41) is 30.8. The number of carboxylic acids is 1. The molecule has 31 heavy (non-hydrogen) atoms.